The Morgan fingerprint density at radius 3 is 2.78 bits per heavy atom. The zero-order valence-electron chi connectivity index (χ0n) is 15.1. The van der Waals surface area contributed by atoms with Crippen molar-refractivity contribution in [3.63, 3.8) is 0 Å². The van der Waals surface area contributed by atoms with Crippen molar-refractivity contribution in [2.24, 2.45) is 7.05 Å². The number of carbonyl (C=O) groups excluding carboxylic acids is 1. The van der Waals surface area contributed by atoms with Gasteiger partial charge in [-0.2, -0.15) is 15.0 Å². The number of thiophene rings is 1. The highest BCUT2D eigenvalue weighted by Crippen LogP contribution is 2.34. The van der Waals surface area contributed by atoms with Gasteiger partial charge in [0.05, 0.1) is 0 Å². The van der Waals surface area contributed by atoms with Crippen molar-refractivity contribution in [1.82, 2.24) is 19.5 Å². The van der Waals surface area contributed by atoms with Crippen molar-refractivity contribution in [2.75, 3.05) is 24.7 Å². The number of fused-ring (bicyclic) bond motifs is 3. The highest BCUT2D eigenvalue weighted by Gasteiger charge is 2.18. The first-order valence-corrected chi connectivity index (χ1v) is 9.07. The van der Waals surface area contributed by atoms with E-state index in [0.717, 1.165) is 21.1 Å². The number of anilines is 2. The maximum Gasteiger partial charge on any atom is 0.348 e. The number of benzene rings is 1. The first-order chi connectivity index (χ1) is 12.9. The van der Waals surface area contributed by atoms with E-state index in [0.29, 0.717) is 16.6 Å². The predicted octanol–water partition coefficient (Wildman–Crippen LogP) is 2.58. The fourth-order valence-electron chi connectivity index (χ4n) is 2.92. The molecule has 0 radical (unpaired) electrons. The summed E-state index contributed by atoms with van der Waals surface area (Å²) in [6.07, 6.45) is 0. The molecule has 0 bridgehead atoms. The number of nitrogens with zero attached hydrogens (tertiary/aromatic N) is 5. The Kier molecular flexibility index (Phi) is 4.15. The van der Waals surface area contributed by atoms with E-state index in [4.69, 9.17) is 10.5 Å². The second-order valence-corrected chi connectivity index (χ2v) is 7.32. The molecular formula is C18H18N6O2S. The van der Waals surface area contributed by atoms with Crippen LogP contribution in [0.25, 0.3) is 21.1 Å². The summed E-state index contributed by atoms with van der Waals surface area (Å²) in [7, 11) is 5.59. The Morgan fingerprint density at radius 1 is 1.22 bits per heavy atom. The van der Waals surface area contributed by atoms with E-state index in [1.54, 1.807) is 19.0 Å². The van der Waals surface area contributed by atoms with Crippen LogP contribution in [-0.4, -0.2) is 39.6 Å². The fraction of sp³-hybridized carbons (Fsp3) is 0.222. The lowest BCUT2D eigenvalue weighted by Crippen LogP contribution is -2.17. The van der Waals surface area contributed by atoms with Gasteiger partial charge in [0.1, 0.15) is 9.71 Å². The number of para-hydroxylation sites is 1. The molecule has 0 amide bonds. The highest BCUT2D eigenvalue weighted by molar-refractivity contribution is 7.20. The van der Waals surface area contributed by atoms with Crippen LogP contribution in [0.15, 0.2) is 30.3 Å². The summed E-state index contributed by atoms with van der Waals surface area (Å²) in [4.78, 5) is 28.1. The molecule has 3 aromatic heterocycles. The number of nitrogens with two attached hydrogens (primary N) is 1. The van der Waals surface area contributed by atoms with Crippen LogP contribution in [0, 0.1) is 0 Å². The Bertz CT molecular complexity index is 1160. The van der Waals surface area contributed by atoms with Crippen molar-refractivity contribution in [3.05, 3.63) is 41.0 Å². The lowest BCUT2D eigenvalue weighted by molar-refractivity contribution is 0.0468. The molecule has 0 spiro atoms. The van der Waals surface area contributed by atoms with E-state index in [2.05, 4.69) is 31.7 Å². The van der Waals surface area contributed by atoms with Gasteiger partial charge in [0.2, 0.25) is 11.9 Å². The third-order valence-electron chi connectivity index (χ3n) is 4.19. The molecule has 0 unspecified atom stereocenters. The maximum atomic E-state index is 12.5. The zero-order valence-corrected chi connectivity index (χ0v) is 15.9. The number of hydrogen-bond acceptors (Lipinski definition) is 8. The number of hydrogen-bond donors (Lipinski definition) is 1. The molecule has 0 atom stereocenters. The lowest BCUT2D eigenvalue weighted by atomic mass is 10.2. The van der Waals surface area contributed by atoms with Crippen molar-refractivity contribution in [2.45, 2.75) is 6.61 Å². The summed E-state index contributed by atoms with van der Waals surface area (Å²) in [6, 6.07) is 9.98. The van der Waals surface area contributed by atoms with Crippen LogP contribution >= 0.6 is 11.3 Å². The minimum atomic E-state index is -0.411. The first-order valence-electron chi connectivity index (χ1n) is 8.26. The molecule has 1 aromatic carbocycles. The highest BCUT2D eigenvalue weighted by atomic mass is 32.1. The van der Waals surface area contributed by atoms with Gasteiger partial charge in [0.15, 0.2) is 12.4 Å². The second kappa shape index (κ2) is 6.51. The van der Waals surface area contributed by atoms with Crippen LogP contribution in [-0.2, 0) is 18.4 Å². The first kappa shape index (κ1) is 17.2. The average molecular weight is 382 g/mol. The van der Waals surface area contributed by atoms with E-state index in [-0.39, 0.29) is 12.6 Å². The van der Waals surface area contributed by atoms with Crippen LogP contribution in [0.1, 0.15) is 15.5 Å². The monoisotopic (exact) mass is 382 g/mol. The van der Waals surface area contributed by atoms with Crippen LogP contribution in [0.2, 0.25) is 0 Å². The number of rotatable bonds is 4. The minimum absolute atomic E-state index is 0.0681. The Morgan fingerprint density at radius 2 is 2.00 bits per heavy atom. The van der Waals surface area contributed by atoms with Crippen LogP contribution in [0.4, 0.5) is 11.9 Å². The van der Waals surface area contributed by atoms with Crippen LogP contribution in [0.3, 0.4) is 0 Å². The largest absolute Gasteiger partial charge is 0.453 e. The lowest BCUT2D eigenvalue weighted by Gasteiger charge is -2.11. The molecular weight excluding hydrogens is 364 g/mol. The third-order valence-corrected chi connectivity index (χ3v) is 5.38. The van der Waals surface area contributed by atoms with Crippen LogP contribution < -0.4 is 10.6 Å². The van der Waals surface area contributed by atoms with E-state index >= 15 is 0 Å². The maximum absolute atomic E-state index is 12.5. The van der Waals surface area contributed by atoms with Crippen molar-refractivity contribution in [3.8, 4) is 0 Å². The predicted molar refractivity (Wildman–Crippen MR) is 106 cm³/mol. The van der Waals surface area contributed by atoms with E-state index in [1.807, 2.05) is 25.2 Å². The van der Waals surface area contributed by atoms with Crippen molar-refractivity contribution < 1.29 is 9.53 Å². The second-order valence-electron chi connectivity index (χ2n) is 6.29. The molecule has 4 aromatic rings. The van der Waals surface area contributed by atoms with Gasteiger partial charge in [-0.25, -0.2) is 4.79 Å². The third kappa shape index (κ3) is 3.06. The van der Waals surface area contributed by atoms with Gasteiger partial charge in [0.25, 0.3) is 0 Å². The summed E-state index contributed by atoms with van der Waals surface area (Å²) < 4.78 is 7.48. The molecule has 0 aliphatic carbocycles. The number of nitrogen functional groups attached to an aromatic ring is 1. The minimum Gasteiger partial charge on any atom is -0.453 e. The molecule has 27 heavy (non-hydrogen) atoms. The van der Waals surface area contributed by atoms with E-state index in [9.17, 15) is 4.79 Å². The summed E-state index contributed by atoms with van der Waals surface area (Å²) in [5.74, 6) is 0.409. The molecule has 0 saturated heterocycles. The Labute approximate surface area is 159 Å². The molecule has 138 valence electrons. The van der Waals surface area contributed by atoms with Gasteiger partial charge in [-0.1, -0.05) is 18.2 Å². The number of esters is 1. The summed E-state index contributed by atoms with van der Waals surface area (Å²) >= 11 is 1.41. The fourth-order valence-corrected chi connectivity index (χ4v) is 3.96. The number of carbonyl (C=O) groups is 1. The van der Waals surface area contributed by atoms with Crippen molar-refractivity contribution >= 4 is 50.3 Å². The topological polar surface area (TPSA) is 99.2 Å². The molecule has 3 heterocycles. The molecule has 0 saturated carbocycles. The van der Waals surface area contributed by atoms with Crippen molar-refractivity contribution in [1.29, 1.82) is 0 Å². The van der Waals surface area contributed by atoms with Gasteiger partial charge in [-0.05, 0) is 12.1 Å². The standard InChI is InChI=1S/C18H18N6O2S/c1-23(2)18-21-14(20-17(19)22-18)9-26-16(25)13-8-11-10-6-4-5-7-12(10)24(3)15(11)27-13/h4-8H,9H2,1-3H3,(H2,19,20,21,22). The van der Waals surface area contributed by atoms with Gasteiger partial charge >= 0.3 is 5.97 Å². The van der Waals surface area contributed by atoms with E-state index < -0.39 is 5.97 Å². The number of aromatic nitrogens is 4. The Hall–Kier alpha value is -3.20. The molecule has 9 heteroatoms. The van der Waals surface area contributed by atoms with Gasteiger partial charge in [-0.15, -0.1) is 11.3 Å². The number of aryl methyl sites for hydroxylation is 1. The molecule has 2 N–H and O–H groups in total. The van der Waals surface area contributed by atoms with Gasteiger partial charge in [0, 0.05) is 37.4 Å². The SMILES string of the molecule is CN(C)c1nc(N)nc(COC(=O)c2cc3c4ccccc4n(C)c3s2)n1. The molecule has 4 rings (SSSR count). The molecule has 0 aliphatic rings. The molecule has 8 nitrogen and oxygen atoms in total. The summed E-state index contributed by atoms with van der Waals surface area (Å²) in [6.45, 7) is -0.0681. The Balaban J connectivity index is 1.58. The quantitative estimate of drug-likeness (QED) is 0.542. The molecule has 0 fully saturated rings. The average Bonchev–Trinajstić information content (AvgIpc) is 3.19. The summed E-state index contributed by atoms with van der Waals surface area (Å²) in [5.41, 5.74) is 6.83. The van der Waals surface area contributed by atoms with Gasteiger partial charge in [-0.3, -0.25) is 0 Å². The summed E-state index contributed by atoms with van der Waals surface area (Å²) in [5, 5.41) is 2.16. The zero-order chi connectivity index (χ0) is 19.1. The number of ether oxygens (including phenoxy) is 1. The normalized spacial score (nSPS) is 11.2. The molecule has 0 aliphatic heterocycles. The van der Waals surface area contributed by atoms with Gasteiger partial charge < -0.3 is 19.9 Å². The van der Waals surface area contributed by atoms with Crippen LogP contribution in [0.5, 0.6) is 0 Å². The smallest absolute Gasteiger partial charge is 0.348 e. The van der Waals surface area contributed by atoms with E-state index in [1.165, 1.54) is 11.3 Å².